The van der Waals surface area contributed by atoms with E-state index < -0.39 is 0 Å². The number of aromatic nitrogens is 3. The van der Waals surface area contributed by atoms with Gasteiger partial charge >= 0.3 is 0 Å². The molecule has 1 N–H and O–H groups in total. The summed E-state index contributed by atoms with van der Waals surface area (Å²) in [5.41, 5.74) is 3.78. The molecule has 1 aliphatic rings. The summed E-state index contributed by atoms with van der Waals surface area (Å²) in [5.74, 6) is 0.809. The zero-order valence-electron chi connectivity index (χ0n) is 15.3. The predicted octanol–water partition coefficient (Wildman–Crippen LogP) is 4.61. The summed E-state index contributed by atoms with van der Waals surface area (Å²) >= 11 is 7.79. The van der Waals surface area contributed by atoms with Gasteiger partial charge in [-0.1, -0.05) is 59.3 Å². The molecule has 4 aromatic rings. The molecule has 5 rings (SSSR count). The van der Waals surface area contributed by atoms with Crippen molar-refractivity contribution in [3.63, 3.8) is 0 Å². The standard InChI is InChI=1S/C21H19ClN4OS/c1-13-23-21-26(24-13)20(27)19(28-21)18(15-7-4-8-17(22)11-15)25-10-9-14-5-2-3-6-16(14)12-25/h2-8,11,18,27H,9-10,12H2,1H3/t18-/m1/s1. The van der Waals surface area contributed by atoms with Gasteiger partial charge in [0.05, 0.1) is 10.9 Å². The maximum atomic E-state index is 10.9. The second kappa shape index (κ2) is 6.88. The highest BCUT2D eigenvalue weighted by Crippen LogP contribution is 2.42. The van der Waals surface area contributed by atoms with Gasteiger partial charge in [0.2, 0.25) is 10.8 Å². The Hall–Kier alpha value is -2.41. The lowest BCUT2D eigenvalue weighted by molar-refractivity contribution is 0.205. The first kappa shape index (κ1) is 17.7. The number of aromatic hydroxyl groups is 1. The Morgan fingerprint density at radius 2 is 1.96 bits per heavy atom. The van der Waals surface area contributed by atoms with E-state index in [9.17, 15) is 5.11 Å². The highest BCUT2D eigenvalue weighted by atomic mass is 35.5. The van der Waals surface area contributed by atoms with Gasteiger partial charge in [-0.2, -0.15) is 4.52 Å². The molecule has 28 heavy (non-hydrogen) atoms. The van der Waals surface area contributed by atoms with Gasteiger partial charge in [0.25, 0.3) is 0 Å². The molecule has 142 valence electrons. The van der Waals surface area contributed by atoms with Crippen molar-refractivity contribution in [1.82, 2.24) is 19.5 Å². The maximum absolute atomic E-state index is 10.9. The van der Waals surface area contributed by atoms with Crippen LogP contribution in [0, 0.1) is 6.92 Å². The molecule has 0 amide bonds. The number of hydrogen-bond donors (Lipinski definition) is 1. The highest BCUT2D eigenvalue weighted by Gasteiger charge is 2.31. The van der Waals surface area contributed by atoms with E-state index in [0.717, 1.165) is 30.0 Å². The Morgan fingerprint density at radius 3 is 2.75 bits per heavy atom. The highest BCUT2D eigenvalue weighted by molar-refractivity contribution is 7.17. The first-order valence-electron chi connectivity index (χ1n) is 9.21. The fourth-order valence-corrected chi connectivity index (χ4v) is 5.33. The van der Waals surface area contributed by atoms with E-state index >= 15 is 0 Å². The second-order valence-electron chi connectivity index (χ2n) is 7.09. The number of halogens is 1. The van der Waals surface area contributed by atoms with E-state index in [1.54, 1.807) is 0 Å². The zero-order valence-corrected chi connectivity index (χ0v) is 16.9. The van der Waals surface area contributed by atoms with Crippen LogP contribution in [-0.4, -0.2) is 31.1 Å². The van der Waals surface area contributed by atoms with Crippen LogP contribution >= 0.6 is 22.9 Å². The molecule has 5 nitrogen and oxygen atoms in total. The number of benzene rings is 2. The second-order valence-corrected chi connectivity index (χ2v) is 8.54. The molecule has 2 aromatic heterocycles. The fourth-order valence-electron chi connectivity index (χ4n) is 3.97. The molecule has 0 saturated heterocycles. The van der Waals surface area contributed by atoms with Crippen molar-refractivity contribution < 1.29 is 5.11 Å². The normalized spacial score (nSPS) is 15.6. The molecule has 7 heteroatoms. The number of nitrogens with zero attached hydrogens (tertiary/aromatic N) is 4. The third kappa shape index (κ3) is 2.98. The van der Waals surface area contributed by atoms with Crippen molar-refractivity contribution in [2.24, 2.45) is 0 Å². The largest absolute Gasteiger partial charge is 0.492 e. The van der Waals surface area contributed by atoms with Crippen molar-refractivity contribution in [2.45, 2.75) is 25.9 Å². The smallest absolute Gasteiger partial charge is 0.230 e. The van der Waals surface area contributed by atoms with Gasteiger partial charge in [-0.15, -0.1) is 5.10 Å². The summed E-state index contributed by atoms with van der Waals surface area (Å²) in [6.07, 6.45) is 0.980. The minimum absolute atomic E-state index is 0.110. The van der Waals surface area contributed by atoms with Crippen molar-refractivity contribution in [3.8, 4) is 5.88 Å². The van der Waals surface area contributed by atoms with Crippen LogP contribution in [-0.2, 0) is 13.0 Å². The molecule has 0 bridgehead atoms. The summed E-state index contributed by atoms with van der Waals surface area (Å²) in [4.78, 5) is 8.38. The van der Waals surface area contributed by atoms with Crippen LogP contribution in [0.15, 0.2) is 48.5 Å². The van der Waals surface area contributed by atoms with E-state index in [0.29, 0.717) is 15.8 Å². The van der Waals surface area contributed by atoms with Crippen LogP contribution < -0.4 is 0 Å². The van der Waals surface area contributed by atoms with Crippen LogP contribution in [0.2, 0.25) is 5.02 Å². The number of thiazole rings is 1. The van der Waals surface area contributed by atoms with Crippen molar-refractivity contribution in [2.75, 3.05) is 6.54 Å². The third-order valence-electron chi connectivity index (χ3n) is 5.24. The molecule has 0 unspecified atom stereocenters. The Labute approximate surface area is 171 Å². The summed E-state index contributed by atoms with van der Waals surface area (Å²) in [6, 6.07) is 16.3. The lowest BCUT2D eigenvalue weighted by Crippen LogP contribution is -2.34. The van der Waals surface area contributed by atoms with E-state index in [-0.39, 0.29) is 11.9 Å². The number of fused-ring (bicyclic) bond motifs is 2. The summed E-state index contributed by atoms with van der Waals surface area (Å²) in [7, 11) is 0. The molecule has 3 heterocycles. The minimum atomic E-state index is -0.110. The molecule has 1 aliphatic heterocycles. The summed E-state index contributed by atoms with van der Waals surface area (Å²) in [5, 5.41) is 16.0. The van der Waals surface area contributed by atoms with Gasteiger partial charge < -0.3 is 5.11 Å². The molecule has 0 aliphatic carbocycles. The lowest BCUT2D eigenvalue weighted by Gasteiger charge is -2.35. The Balaban J connectivity index is 1.63. The van der Waals surface area contributed by atoms with Crippen LogP contribution in [0.3, 0.4) is 0 Å². The summed E-state index contributed by atoms with van der Waals surface area (Å²) < 4.78 is 1.53. The molecule has 2 aromatic carbocycles. The maximum Gasteiger partial charge on any atom is 0.230 e. The van der Waals surface area contributed by atoms with E-state index in [2.05, 4.69) is 45.3 Å². The quantitative estimate of drug-likeness (QED) is 0.536. The van der Waals surface area contributed by atoms with Crippen LogP contribution in [0.1, 0.15) is 33.4 Å². The molecule has 0 radical (unpaired) electrons. The average molecular weight is 411 g/mol. The molecule has 0 fully saturated rings. The molecule has 0 saturated carbocycles. The number of hydrogen-bond acceptors (Lipinski definition) is 5. The van der Waals surface area contributed by atoms with Crippen molar-refractivity contribution >= 4 is 27.9 Å². The van der Waals surface area contributed by atoms with Crippen LogP contribution in [0.25, 0.3) is 4.96 Å². The topological polar surface area (TPSA) is 53.7 Å². The van der Waals surface area contributed by atoms with Gasteiger partial charge in [-0.05, 0) is 42.2 Å². The molecular formula is C21H19ClN4OS. The van der Waals surface area contributed by atoms with Gasteiger partial charge in [-0.25, -0.2) is 4.98 Å². The van der Waals surface area contributed by atoms with E-state index in [1.807, 2.05) is 25.1 Å². The average Bonchev–Trinajstić information content (AvgIpc) is 3.20. The van der Waals surface area contributed by atoms with Gasteiger partial charge in [0, 0.05) is 18.1 Å². The Kier molecular flexibility index (Phi) is 4.34. The first-order valence-corrected chi connectivity index (χ1v) is 10.4. The van der Waals surface area contributed by atoms with Gasteiger partial charge in [0.15, 0.2) is 0 Å². The Bertz CT molecular complexity index is 1170. The lowest BCUT2D eigenvalue weighted by atomic mass is 9.96. The van der Waals surface area contributed by atoms with Crippen molar-refractivity contribution in [3.05, 3.63) is 80.9 Å². The number of aryl methyl sites for hydroxylation is 1. The SMILES string of the molecule is Cc1nc2sc([C@@H](c3cccc(Cl)c3)N3CCc4ccccc4C3)c(O)n2n1. The molecule has 0 spiro atoms. The van der Waals surface area contributed by atoms with Crippen LogP contribution in [0.4, 0.5) is 0 Å². The van der Waals surface area contributed by atoms with E-state index in [1.165, 1.54) is 27.0 Å². The minimum Gasteiger partial charge on any atom is -0.492 e. The summed E-state index contributed by atoms with van der Waals surface area (Å²) in [6.45, 7) is 3.55. The number of rotatable bonds is 3. The Morgan fingerprint density at radius 1 is 1.14 bits per heavy atom. The third-order valence-corrected chi connectivity index (χ3v) is 6.55. The fraction of sp³-hybridized carbons (Fsp3) is 0.238. The predicted molar refractivity (Wildman–Crippen MR) is 111 cm³/mol. The zero-order chi connectivity index (χ0) is 19.3. The molecular weight excluding hydrogens is 392 g/mol. The van der Waals surface area contributed by atoms with Crippen LogP contribution in [0.5, 0.6) is 5.88 Å². The monoisotopic (exact) mass is 410 g/mol. The first-order chi connectivity index (χ1) is 13.6. The van der Waals surface area contributed by atoms with Crippen molar-refractivity contribution in [1.29, 1.82) is 0 Å². The van der Waals surface area contributed by atoms with Gasteiger partial charge in [0.1, 0.15) is 5.82 Å². The van der Waals surface area contributed by atoms with E-state index in [4.69, 9.17) is 11.6 Å². The van der Waals surface area contributed by atoms with Gasteiger partial charge in [-0.3, -0.25) is 4.90 Å². The molecule has 1 atom stereocenters.